The Morgan fingerprint density at radius 1 is 1.17 bits per heavy atom. The molecule has 0 aliphatic carbocycles. The number of amides is 2. The Kier molecular flexibility index (Phi) is 4.84. The van der Waals surface area contributed by atoms with Crippen LogP contribution >= 0.6 is 0 Å². The molecular weight excluding hydrogens is 311 g/mol. The number of carbonyl (C=O) groups excluding carboxylic acids is 1. The zero-order chi connectivity index (χ0) is 16.9. The Hall–Kier alpha value is -2.76. The Bertz CT molecular complexity index is 736. The summed E-state index contributed by atoms with van der Waals surface area (Å²) in [6, 6.07) is 11.6. The summed E-state index contributed by atoms with van der Waals surface area (Å²) in [5.74, 6) is 1.11. The Balaban J connectivity index is 1.60. The zero-order valence-electron chi connectivity index (χ0n) is 13.4. The van der Waals surface area contributed by atoms with Crippen molar-refractivity contribution in [2.45, 2.75) is 20.0 Å². The summed E-state index contributed by atoms with van der Waals surface area (Å²) in [5.41, 5.74) is 1.68. The van der Waals surface area contributed by atoms with E-state index in [1.165, 1.54) is 12.1 Å². The summed E-state index contributed by atoms with van der Waals surface area (Å²) >= 11 is 0. The van der Waals surface area contributed by atoms with Crippen LogP contribution in [0.2, 0.25) is 0 Å². The molecule has 2 aromatic carbocycles. The van der Waals surface area contributed by atoms with Gasteiger partial charge >= 0.3 is 6.03 Å². The molecule has 6 heteroatoms. The van der Waals surface area contributed by atoms with E-state index in [1.807, 2.05) is 25.1 Å². The second kappa shape index (κ2) is 7.21. The van der Waals surface area contributed by atoms with Gasteiger partial charge in [0.05, 0.1) is 0 Å². The third-order valence-electron chi connectivity index (χ3n) is 3.81. The van der Waals surface area contributed by atoms with E-state index < -0.39 is 0 Å². The van der Waals surface area contributed by atoms with Crippen LogP contribution in [-0.2, 0) is 13.1 Å². The van der Waals surface area contributed by atoms with E-state index in [-0.39, 0.29) is 25.2 Å². The first-order chi connectivity index (χ1) is 11.7. The molecule has 0 fully saturated rings. The lowest BCUT2D eigenvalue weighted by molar-refractivity contribution is 0.173. The van der Waals surface area contributed by atoms with Gasteiger partial charge in [-0.1, -0.05) is 18.2 Å². The molecule has 126 valence electrons. The molecular formula is C18H19FN2O3. The van der Waals surface area contributed by atoms with Crippen LogP contribution in [0.3, 0.4) is 0 Å². The highest BCUT2D eigenvalue weighted by Gasteiger charge is 2.16. The van der Waals surface area contributed by atoms with Crippen molar-refractivity contribution in [2.75, 3.05) is 13.3 Å². The van der Waals surface area contributed by atoms with Crippen LogP contribution in [-0.4, -0.2) is 24.3 Å². The number of halogens is 1. The van der Waals surface area contributed by atoms with Crippen LogP contribution in [0, 0.1) is 5.82 Å². The molecule has 24 heavy (non-hydrogen) atoms. The van der Waals surface area contributed by atoms with Gasteiger partial charge < -0.3 is 19.7 Å². The van der Waals surface area contributed by atoms with Crippen LogP contribution in [0.1, 0.15) is 18.1 Å². The topological polar surface area (TPSA) is 50.8 Å². The molecule has 0 aromatic heterocycles. The van der Waals surface area contributed by atoms with Crippen molar-refractivity contribution >= 4 is 6.03 Å². The standard InChI is InChI=1S/C18H19FN2O3/c1-2-21(11-14-6-7-16-17(9-14)24-12-23-16)18(22)20-10-13-4-3-5-15(19)8-13/h3-9H,2,10-12H2,1H3,(H,20,22). The number of nitrogens with one attached hydrogen (secondary N) is 1. The predicted octanol–water partition coefficient (Wildman–Crippen LogP) is 3.29. The normalized spacial score (nSPS) is 12.1. The fourth-order valence-corrected chi connectivity index (χ4v) is 2.52. The molecule has 3 rings (SSSR count). The zero-order valence-corrected chi connectivity index (χ0v) is 13.4. The van der Waals surface area contributed by atoms with Gasteiger partial charge in [0.2, 0.25) is 6.79 Å². The smallest absolute Gasteiger partial charge is 0.317 e. The number of benzene rings is 2. The van der Waals surface area contributed by atoms with Gasteiger partial charge in [-0.05, 0) is 42.3 Å². The van der Waals surface area contributed by atoms with Crippen molar-refractivity contribution in [1.29, 1.82) is 0 Å². The van der Waals surface area contributed by atoms with Gasteiger partial charge in [0.1, 0.15) is 5.82 Å². The number of carbonyl (C=O) groups is 1. The molecule has 0 atom stereocenters. The van der Waals surface area contributed by atoms with E-state index in [4.69, 9.17) is 9.47 Å². The first-order valence-corrected chi connectivity index (χ1v) is 7.81. The van der Waals surface area contributed by atoms with Gasteiger partial charge in [-0.25, -0.2) is 9.18 Å². The number of hydrogen-bond donors (Lipinski definition) is 1. The maximum atomic E-state index is 13.2. The summed E-state index contributed by atoms with van der Waals surface area (Å²) < 4.78 is 23.8. The fraction of sp³-hybridized carbons (Fsp3) is 0.278. The van der Waals surface area contributed by atoms with Gasteiger partial charge in [0, 0.05) is 19.6 Å². The molecule has 0 unspecified atom stereocenters. The van der Waals surface area contributed by atoms with Crippen molar-refractivity contribution in [3.05, 3.63) is 59.4 Å². The number of fused-ring (bicyclic) bond motifs is 1. The van der Waals surface area contributed by atoms with Gasteiger partial charge in [-0.15, -0.1) is 0 Å². The van der Waals surface area contributed by atoms with Gasteiger partial charge in [0.25, 0.3) is 0 Å². The Labute approximate surface area is 140 Å². The molecule has 2 aromatic rings. The van der Waals surface area contributed by atoms with Crippen LogP contribution in [0.15, 0.2) is 42.5 Å². The van der Waals surface area contributed by atoms with Gasteiger partial charge in [0.15, 0.2) is 11.5 Å². The molecule has 0 saturated carbocycles. The van der Waals surface area contributed by atoms with E-state index in [2.05, 4.69) is 5.32 Å². The van der Waals surface area contributed by atoms with Crippen molar-refractivity contribution in [1.82, 2.24) is 10.2 Å². The van der Waals surface area contributed by atoms with E-state index in [0.29, 0.717) is 18.8 Å². The van der Waals surface area contributed by atoms with Gasteiger partial charge in [-0.2, -0.15) is 0 Å². The Morgan fingerprint density at radius 3 is 2.79 bits per heavy atom. The highest BCUT2D eigenvalue weighted by molar-refractivity contribution is 5.74. The minimum Gasteiger partial charge on any atom is -0.454 e. The number of hydrogen-bond acceptors (Lipinski definition) is 3. The second-order valence-corrected chi connectivity index (χ2v) is 5.49. The molecule has 1 aliphatic heterocycles. The average Bonchev–Trinajstić information content (AvgIpc) is 3.05. The fourth-order valence-electron chi connectivity index (χ4n) is 2.52. The highest BCUT2D eigenvalue weighted by atomic mass is 19.1. The lowest BCUT2D eigenvalue weighted by Gasteiger charge is -2.21. The summed E-state index contributed by atoms with van der Waals surface area (Å²) in [6.45, 7) is 3.44. The van der Waals surface area contributed by atoms with Crippen molar-refractivity contribution in [2.24, 2.45) is 0 Å². The van der Waals surface area contributed by atoms with Crippen molar-refractivity contribution in [3.8, 4) is 11.5 Å². The number of rotatable bonds is 5. The molecule has 0 bridgehead atoms. The molecule has 5 nitrogen and oxygen atoms in total. The number of nitrogens with zero attached hydrogens (tertiary/aromatic N) is 1. The third-order valence-corrected chi connectivity index (χ3v) is 3.81. The number of urea groups is 1. The molecule has 1 aliphatic rings. The maximum absolute atomic E-state index is 13.2. The van der Waals surface area contributed by atoms with Crippen molar-refractivity contribution < 1.29 is 18.7 Å². The van der Waals surface area contributed by atoms with E-state index in [1.54, 1.807) is 17.0 Å². The first kappa shape index (κ1) is 16.1. The van der Waals surface area contributed by atoms with Crippen LogP contribution in [0.5, 0.6) is 11.5 Å². The quantitative estimate of drug-likeness (QED) is 0.915. The van der Waals surface area contributed by atoms with Crippen LogP contribution < -0.4 is 14.8 Å². The summed E-state index contributed by atoms with van der Waals surface area (Å²) in [7, 11) is 0. The lowest BCUT2D eigenvalue weighted by atomic mass is 10.2. The SMILES string of the molecule is CCN(Cc1ccc2c(c1)OCO2)C(=O)NCc1cccc(F)c1. The molecule has 0 radical (unpaired) electrons. The summed E-state index contributed by atoms with van der Waals surface area (Å²) in [5, 5.41) is 2.81. The van der Waals surface area contributed by atoms with Crippen LogP contribution in [0.25, 0.3) is 0 Å². The van der Waals surface area contributed by atoms with Crippen LogP contribution in [0.4, 0.5) is 9.18 Å². The summed E-state index contributed by atoms with van der Waals surface area (Å²) in [4.78, 5) is 14.0. The minimum absolute atomic E-state index is 0.195. The van der Waals surface area contributed by atoms with E-state index in [9.17, 15) is 9.18 Å². The van der Waals surface area contributed by atoms with Gasteiger partial charge in [-0.3, -0.25) is 0 Å². The largest absolute Gasteiger partial charge is 0.454 e. The molecule has 0 spiro atoms. The van der Waals surface area contributed by atoms with Crippen molar-refractivity contribution in [3.63, 3.8) is 0 Å². The average molecular weight is 330 g/mol. The second-order valence-electron chi connectivity index (χ2n) is 5.49. The lowest BCUT2D eigenvalue weighted by Crippen LogP contribution is -2.39. The Morgan fingerprint density at radius 2 is 2.00 bits per heavy atom. The minimum atomic E-state index is -0.311. The maximum Gasteiger partial charge on any atom is 0.317 e. The monoisotopic (exact) mass is 330 g/mol. The summed E-state index contributed by atoms with van der Waals surface area (Å²) in [6.07, 6.45) is 0. The van der Waals surface area contributed by atoms with E-state index in [0.717, 1.165) is 16.9 Å². The molecule has 0 saturated heterocycles. The van der Waals surface area contributed by atoms with E-state index >= 15 is 0 Å². The first-order valence-electron chi connectivity index (χ1n) is 7.81. The number of ether oxygens (including phenoxy) is 2. The molecule has 1 N–H and O–H groups in total. The molecule has 2 amide bonds. The third kappa shape index (κ3) is 3.76. The predicted molar refractivity (Wildman–Crippen MR) is 87.3 cm³/mol. The molecule has 1 heterocycles. The highest BCUT2D eigenvalue weighted by Crippen LogP contribution is 2.32.